The second kappa shape index (κ2) is 4.89. The van der Waals surface area contributed by atoms with Crippen LogP contribution in [0, 0.1) is 0 Å². The third-order valence-electron chi connectivity index (χ3n) is 3.27. The molecule has 0 saturated carbocycles. The van der Waals surface area contributed by atoms with Crippen LogP contribution < -0.4 is 16.2 Å². The van der Waals surface area contributed by atoms with Crippen LogP contribution >= 0.6 is 0 Å². The number of aliphatic hydroxyl groups is 2. The van der Waals surface area contributed by atoms with Crippen molar-refractivity contribution in [2.24, 2.45) is 5.73 Å². The fourth-order valence-corrected chi connectivity index (χ4v) is 2.13. The van der Waals surface area contributed by atoms with E-state index in [2.05, 4.69) is 4.98 Å². The lowest BCUT2D eigenvalue weighted by atomic mass is 9.93. The van der Waals surface area contributed by atoms with Crippen molar-refractivity contribution in [3.8, 4) is 5.88 Å². The number of nitrogens with zero attached hydrogens (tertiary/aromatic N) is 2. The molecular weight excluding hydrogens is 254 g/mol. The minimum atomic E-state index is -1.21. The van der Waals surface area contributed by atoms with Gasteiger partial charge in [0, 0.05) is 12.3 Å². The van der Waals surface area contributed by atoms with Gasteiger partial charge < -0.3 is 25.4 Å². The SMILES string of the molecule is COc1ccn(C2OC(CO)[C@@H](O)[C@@]2(C)N)c(=O)n1. The van der Waals surface area contributed by atoms with Gasteiger partial charge >= 0.3 is 5.69 Å². The monoisotopic (exact) mass is 271 g/mol. The van der Waals surface area contributed by atoms with Crippen molar-refractivity contribution in [3.05, 3.63) is 22.7 Å². The van der Waals surface area contributed by atoms with E-state index in [1.807, 2.05) is 0 Å². The highest BCUT2D eigenvalue weighted by molar-refractivity contribution is 5.09. The van der Waals surface area contributed by atoms with Gasteiger partial charge in [0.15, 0.2) is 6.23 Å². The zero-order valence-corrected chi connectivity index (χ0v) is 10.7. The Morgan fingerprint density at radius 1 is 1.68 bits per heavy atom. The fraction of sp³-hybridized carbons (Fsp3) is 0.636. The lowest BCUT2D eigenvalue weighted by Gasteiger charge is -2.28. The molecule has 1 fully saturated rings. The number of hydrogen-bond acceptors (Lipinski definition) is 7. The maximum atomic E-state index is 11.9. The third kappa shape index (κ3) is 2.23. The summed E-state index contributed by atoms with van der Waals surface area (Å²) in [5.41, 5.74) is 4.18. The van der Waals surface area contributed by atoms with Gasteiger partial charge in [-0.15, -0.1) is 0 Å². The molecule has 0 aromatic carbocycles. The Morgan fingerprint density at radius 3 is 2.84 bits per heavy atom. The average molecular weight is 271 g/mol. The molecule has 1 aliphatic rings. The summed E-state index contributed by atoms with van der Waals surface area (Å²) in [7, 11) is 1.40. The molecule has 1 saturated heterocycles. The van der Waals surface area contributed by atoms with Crippen LogP contribution in [0.2, 0.25) is 0 Å². The molecule has 106 valence electrons. The predicted octanol–water partition coefficient (Wildman–Crippen LogP) is -1.78. The average Bonchev–Trinajstić information content (AvgIpc) is 2.61. The summed E-state index contributed by atoms with van der Waals surface area (Å²) in [5, 5.41) is 19.1. The molecular formula is C11H17N3O5. The van der Waals surface area contributed by atoms with Crippen molar-refractivity contribution < 1.29 is 19.7 Å². The molecule has 0 aliphatic carbocycles. The Balaban J connectivity index is 2.39. The van der Waals surface area contributed by atoms with Gasteiger partial charge in [0.2, 0.25) is 5.88 Å². The largest absolute Gasteiger partial charge is 0.481 e. The zero-order valence-electron chi connectivity index (χ0n) is 10.7. The van der Waals surface area contributed by atoms with Crippen LogP contribution in [-0.2, 0) is 4.74 Å². The molecule has 19 heavy (non-hydrogen) atoms. The van der Waals surface area contributed by atoms with Crippen LogP contribution in [0.4, 0.5) is 0 Å². The quantitative estimate of drug-likeness (QED) is 0.594. The van der Waals surface area contributed by atoms with E-state index >= 15 is 0 Å². The lowest BCUT2D eigenvalue weighted by molar-refractivity contribution is -0.0487. The molecule has 2 unspecified atom stereocenters. The van der Waals surface area contributed by atoms with E-state index in [1.54, 1.807) is 6.92 Å². The van der Waals surface area contributed by atoms with Crippen molar-refractivity contribution in [2.75, 3.05) is 13.7 Å². The van der Waals surface area contributed by atoms with Gasteiger partial charge in [-0.25, -0.2) is 4.79 Å². The first-order valence-corrected chi connectivity index (χ1v) is 5.78. The van der Waals surface area contributed by atoms with Crippen LogP contribution in [0.1, 0.15) is 13.2 Å². The second-order valence-electron chi connectivity index (χ2n) is 4.68. The van der Waals surface area contributed by atoms with Crippen molar-refractivity contribution in [1.29, 1.82) is 0 Å². The Bertz CT molecular complexity index is 515. The van der Waals surface area contributed by atoms with Crippen molar-refractivity contribution in [1.82, 2.24) is 9.55 Å². The Labute approximate surface area is 109 Å². The van der Waals surface area contributed by atoms with E-state index in [4.69, 9.17) is 20.3 Å². The first-order valence-electron chi connectivity index (χ1n) is 5.78. The number of ether oxygens (including phenoxy) is 2. The molecule has 2 heterocycles. The molecule has 1 aromatic heterocycles. The number of rotatable bonds is 3. The standard InChI is InChI=1S/C11H17N3O5/c1-11(12)8(16)6(5-15)19-9(11)14-4-3-7(18-2)13-10(14)17/h3-4,6,8-9,15-16H,5,12H2,1-2H3/t6?,8-,9?,11-/m1/s1. The summed E-state index contributed by atoms with van der Waals surface area (Å²) < 4.78 is 11.4. The summed E-state index contributed by atoms with van der Waals surface area (Å²) in [6.07, 6.45) is -1.41. The van der Waals surface area contributed by atoms with E-state index in [0.29, 0.717) is 0 Å². The highest BCUT2D eigenvalue weighted by atomic mass is 16.5. The minimum Gasteiger partial charge on any atom is -0.481 e. The molecule has 2 rings (SSSR count). The van der Waals surface area contributed by atoms with E-state index in [9.17, 15) is 9.90 Å². The first kappa shape index (κ1) is 13.9. The van der Waals surface area contributed by atoms with E-state index in [-0.39, 0.29) is 12.5 Å². The van der Waals surface area contributed by atoms with Gasteiger partial charge in [-0.05, 0) is 6.92 Å². The Morgan fingerprint density at radius 2 is 2.37 bits per heavy atom. The normalized spacial score (nSPS) is 34.5. The summed E-state index contributed by atoms with van der Waals surface area (Å²) in [4.78, 5) is 15.6. The van der Waals surface area contributed by atoms with Gasteiger partial charge in [0.25, 0.3) is 0 Å². The van der Waals surface area contributed by atoms with Crippen LogP contribution in [0.5, 0.6) is 5.88 Å². The maximum Gasteiger partial charge on any atom is 0.353 e. The number of methoxy groups -OCH3 is 1. The summed E-state index contributed by atoms with van der Waals surface area (Å²) in [6, 6.07) is 1.49. The molecule has 0 radical (unpaired) electrons. The predicted molar refractivity (Wildman–Crippen MR) is 64.6 cm³/mol. The number of hydrogen-bond donors (Lipinski definition) is 3. The van der Waals surface area contributed by atoms with Gasteiger partial charge in [0.05, 0.1) is 19.3 Å². The number of aromatic nitrogens is 2. The molecule has 4 atom stereocenters. The summed E-state index contributed by atoms with van der Waals surface area (Å²) in [6.45, 7) is 1.16. The van der Waals surface area contributed by atoms with Gasteiger partial charge in [-0.3, -0.25) is 4.57 Å². The zero-order chi connectivity index (χ0) is 14.2. The molecule has 0 bridgehead atoms. The van der Waals surface area contributed by atoms with Crippen molar-refractivity contribution >= 4 is 0 Å². The van der Waals surface area contributed by atoms with Gasteiger partial charge in [0.1, 0.15) is 12.2 Å². The summed E-state index contributed by atoms with van der Waals surface area (Å²) in [5.74, 6) is 0.178. The Kier molecular flexibility index (Phi) is 3.59. The topological polar surface area (TPSA) is 120 Å². The minimum absolute atomic E-state index is 0.178. The molecule has 8 nitrogen and oxygen atoms in total. The maximum absolute atomic E-state index is 11.9. The van der Waals surface area contributed by atoms with Crippen LogP contribution in [0.25, 0.3) is 0 Å². The van der Waals surface area contributed by atoms with Crippen LogP contribution in [0.3, 0.4) is 0 Å². The number of aliphatic hydroxyl groups excluding tert-OH is 2. The second-order valence-corrected chi connectivity index (χ2v) is 4.68. The van der Waals surface area contributed by atoms with Crippen LogP contribution in [0.15, 0.2) is 17.1 Å². The van der Waals surface area contributed by atoms with Gasteiger partial charge in [-0.1, -0.05) is 0 Å². The van der Waals surface area contributed by atoms with E-state index in [1.165, 1.54) is 23.9 Å². The molecule has 0 amide bonds. The van der Waals surface area contributed by atoms with Crippen LogP contribution in [-0.4, -0.2) is 51.2 Å². The highest BCUT2D eigenvalue weighted by Crippen LogP contribution is 2.35. The molecule has 0 spiro atoms. The first-order chi connectivity index (χ1) is 8.91. The third-order valence-corrected chi connectivity index (χ3v) is 3.27. The molecule has 8 heteroatoms. The smallest absolute Gasteiger partial charge is 0.353 e. The van der Waals surface area contributed by atoms with Crippen molar-refractivity contribution in [3.63, 3.8) is 0 Å². The molecule has 4 N–H and O–H groups in total. The van der Waals surface area contributed by atoms with Gasteiger partial charge in [-0.2, -0.15) is 4.98 Å². The lowest BCUT2D eigenvalue weighted by Crippen LogP contribution is -2.53. The Hall–Kier alpha value is -1.48. The number of nitrogens with two attached hydrogens (primary N) is 1. The summed E-state index contributed by atoms with van der Waals surface area (Å²) >= 11 is 0. The van der Waals surface area contributed by atoms with E-state index in [0.717, 1.165) is 0 Å². The van der Waals surface area contributed by atoms with Crippen molar-refractivity contribution in [2.45, 2.75) is 30.9 Å². The molecule has 1 aromatic rings. The highest BCUT2D eigenvalue weighted by Gasteiger charge is 2.51. The molecule has 1 aliphatic heterocycles. The fourth-order valence-electron chi connectivity index (χ4n) is 2.13. The van der Waals surface area contributed by atoms with E-state index < -0.39 is 29.7 Å².